The lowest BCUT2D eigenvalue weighted by Gasteiger charge is -2.26. The molecule has 1 aliphatic rings. The molecule has 1 aromatic carbocycles. The van der Waals surface area contributed by atoms with E-state index in [9.17, 15) is 4.79 Å². The fraction of sp³-hybridized carbons (Fsp3) is 0.562. The molecule has 0 saturated carbocycles. The van der Waals surface area contributed by atoms with Gasteiger partial charge in [0.05, 0.1) is 0 Å². The second-order valence-electron chi connectivity index (χ2n) is 5.07. The molecule has 1 aromatic rings. The molecule has 0 spiro atoms. The van der Waals surface area contributed by atoms with Crippen LogP contribution < -0.4 is 4.74 Å². The topological polar surface area (TPSA) is 29.5 Å². The van der Waals surface area contributed by atoms with Crippen LogP contribution in [0.3, 0.4) is 0 Å². The number of rotatable bonds is 4. The normalized spacial score (nSPS) is 17.6. The van der Waals surface area contributed by atoms with Crippen molar-refractivity contribution in [3.63, 3.8) is 0 Å². The number of para-hydroxylation sites is 1. The highest BCUT2D eigenvalue weighted by Gasteiger charge is 2.25. The molecule has 1 aliphatic heterocycles. The smallest absolute Gasteiger partial charge is 0.263 e. The Bertz CT molecular complexity index is 383. The predicted octanol–water partition coefficient (Wildman–Crippen LogP) is 3.25. The molecule has 1 saturated heterocycles. The Labute approximate surface area is 115 Å². The summed E-state index contributed by atoms with van der Waals surface area (Å²) in [5, 5.41) is 0. The van der Waals surface area contributed by atoms with E-state index in [2.05, 4.69) is 0 Å². The SMILES string of the molecule is CC[C@@H](Oc1ccccc1)C(=O)N1CCCCCC1. The maximum absolute atomic E-state index is 12.5. The van der Waals surface area contributed by atoms with E-state index in [1.54, 1.807) is 0 Å². The van der Waals surface area contributed by atoms with Gasteiger partial charge >= 0.3 is 0 Å². The summed E-state index contributed by atoms with van der Waals surface area (Å²) >= 11 is 0. The number of carbonyl (C=O) groups excluding carboxylic acids is 1. The van der Waals surface area contributed by atoms with Gasteiger partial charge in [-0.15, -0.1) is 0 Å². The molecule has 0 bridgehead atoms. The van der Waals surface area contributed by atoms with Crippen molar-refractivity contribution in [2.75, 3.05) is 13.1 Å². The Balaban J connectivity index is 1.98. The summed E-state index contributed by atoms with van der Waals surface area (Å²) in [5.74, 6) is 0.922. The van der Waals surface area contributed by atoms with Crippen LogP contribution in [0.5, 0.6) is 5.75 Å². The minimum Gasteiger partial charge on any atom is -0.481 e. The van der Waals surface area contributed by atoms with Crippen molar-refractivity contribution in [1.82, 2.24) is 4.90 Å². The standard InChI is InChI=1S/C16H23NO2/c1-2-15(19-14-10-6-5-7-11-14)16(18)17-12-8-3-4-9-13-17/h5-7,10-11,15H,2-4,8-9,12-13H2,1H3/t15-/m1/s1. The van der Waals surface area contributed by atoms with Crippen molar-refractivity contribution in [2.24, 2.45) is 0 Å². The van der Waals surface area contributed by atoms with Gasteiger partial charge < -0.3 is 9.64 Å². The molecule has 1 amide bonds. The molecule has 1 heterocycles. The average Bonchev–Trinajstić information content (AvgIpc) is 2.74. The number of benzene rings is 1. The molecule has 19 heavy (non-hydrogen) atoms. The van der Waals surface area contributed by atoms with Crippen LogP contribution in [0.15, 0.2) is 30.3 Å². The van der Waals surface area contributed by atoms with Gasteiger partial charge in [-0.05, 0) is 31.4 Å². The Morgan fingerprint density at radius 1 is 1.16 bits per heavy atom. The van der Waals surface area contributed by atoms with Crippen molar-refractivity contribution in [1.29, 1.82) is 0 Å². The van der Waals surface area contributed by atoms with Crippen molar-refractivity contribution in [3.05, 3.63) is 30.3 Å². The molecule has 1 fully saturated rings. The van der Waals surface area contributed by atoms with E-state index in [0.717, 1.165) is 31.7 Å². The highest BCUT2D eigenvalue weighted by Crippen LogP contribution is 2.16. The van der Waals surface area contributed by atoms with Crippen LogP contribution in [0.2, 0.25) is 0 Å². The van der Waals surface area contributed by atoms with Gasteiger partial charge in [0.15, 0.2) is 6.10 Å². The van der Waals surface area contributed by atoms with E-state index in [1.807, 2.05) is 42.2 Å². The van der Waals surface area contributed by atoms with E-state index in [-0.39, 0.29) is 12.0 Å². The Kier molecular flexibility index (Phi) is 5.25. The van der Waals surface area contributed by atoms with Crippen molar-refractivity contribution in [2.45, 2.75) is 45.1 Å². The predicted molar refractivity (Wildman–Crippen MR) is 76.2 cm³/mol. The molecule has 0 unspecified atom stereocenters. The third-order valence-corrected chi connectivity index (χ3v) is 3.59. The van der Waals surface area contributed by atoms with Gasteiger partial charge in [0.2, 0.25) is 0 Å². The zero-order valence-corrected chi connectivity index (χ0v) is 11.7. The molecule has 0 aromatic heterocycles. The molecule has 2 rings (SSSR count). The first-order chi connectivity index (χ1) is 9.31. The number of hydrogen-bond acceptors (Lipinski definition) is 2. The third kappa shape index (κ3) is 3.98. The molecule has 3 heteroatoms. The van der Waals surface area contributed by atoms with E-state index < -0.39 is 0 Å². The summed E-state index contributed by atoms with van der Waals surface area (Å²) < 4.78 is 5.83. The summed E-state index contributed by atoms with van der Waals surface area (Å²) in [4.78, 5) is 14.5. The average molecular weight is 261 g/mol. The number of nitrogens with zero attached hydrogens (tertiary/aromatic N) is 1. The minimum atomic E-state index is -0.347. The lowest BCUT2D eigenvalue weighted by Crippen LogP contribution is -2.42. The summed E-state index contributed by atoms with van der Waals surface area (Å²) in [6, 6.07) is 9.61. The zero-order valence-electron chi connectivity index (χ0n) is 11.7. The number of carbonyl (C=O) groups is 1. The second kappa shape index (κ2) is 7.17. The van der Waals surface area contributed by atoms with Crippen molar-refractivity contribution in [3.8, 4) is 5.75 Å². The van der Waals surface area contributed by atoms with E-state index in [4.69, 9.17) is 4.74 Å². The summed E-state index contributed by atoms with van der Waals surface area (Å²) in [6.07, 6.45) is 5.08. The number of hydrogen-bond donors (Lipinski definition) is 0. The molecule has 0 radical (unpaired) electrons. The first-order valence-electron chi connectivity index (χ1n) is 7.31. The largest absolute Gasteiger partial charge is 0.481 e. The maximum atomic E-state index is 12.5. The lowest BCUT2D eigenvalue weighted by molar-refractivity contribution is -0.138. The number of ether oxygens (including phenoxy) is 1. The second-order valence-corrected chi connectivity index (χ2v) is 5.07. The van der Waals surface area contributed by atoms with Gasteiger partial charge in [0.1, 0.15) is 5.75 Å². The Morgan fingerprint density at radius 2 is 1.79 bits per heavy atom. The Hall–Kier alpha value is -1.51. The summed E-state index contributed by atoms with van der Waals surface area (Å²) in [7, 11) is 0. The van der Waals surface area contributed by atoms with Crippen LogP contribution in [-0.2, 0) is 4.79 Å². The maximum Gasteiger partial charge on any atom is 0.263 e. The van der Waals surface area contributed by atoms with Gasteiger partial charge in [-0.3, -0.25) is 4.79 Å². The van der Waals surface area contributed by atoms with Crippen LogP contribution in [0.25, 0.3) is 0 Å². The molecular weight excluding hydrogens is 238 g/mol. The molecular formula is C16H23NO2. The molecule has 0 aliphatic carbocycles. The molecule has 1 atom stereocenters. The quantitative estimate of drug-likeness (QED) is 0.832. The molecule has 3 nitrogen and oxygen atoms in total. The fourth-order valence-electron chi connectivity index (χ4n) is 2.47. The summed E-state index contributed by atoms with van der Waals surface area (Å²) in [5.41, 5.74) is 0. The van der Waals surface area contributed by atoms with Crippen LogP contribution in [0, 0.1) is 0 Å². The van der Waals surface area contributed by atoms with E-state index in [1.165, 1.54) is 12.8 Å². The highest BCUT2D eigenvalue weighted by molar-refractivity contribution is 5.81. The van der Waals surface area contributed by atoms with Crippen molar-refractivity contribution >= 4 is 5.91 Å². The van der Waals surface area contributed by atoms with Gasteiger partial charge in [0.25, 0.3) is 5.91 Å². The van der Waals surface area contributed by atoms with E-state index in [0.29, 0.717) is 6.42 Å². The van der Waals surface area contributed by atoms with E-state index >= 15 is 0 Å². The van der Waals surface area contributed by atoms with Gasteiger partial charge in [-0.1, -0.05) is 38.0 Å². The van der Waals surface area contributed by atoms with Crippen LogP contribution in [-0.4, -0.2) is 30.0 Å². The zero-order chi connectivity index (χ0) is 13.5. The van der Waals surface area contributed by atoms with Gasteiger partial charge in [-0.25, -0.2) is 0 Å². The fourth-order valence-corrected chi connectivity index (χ4v) is 2.47. The third-order valence-electron chi connectivity index (χ3n) is 3.59. The van der Waals surface area contributed by atoms with Crippen LogP contribution in [0.4, 0.5) is 0 Å². The first-order valence-corrected chi connectivity index (χ1v) is 7.31. The Morgan fingerprint density at radius 3 is 2.37 bits per heavy atom. The monoisotopic (exact) mass is 261 g/mol. The number of likely N-dealkylation sites (tertiary alicyclic amines) is 1. The lowest BCUT2D eigenvalue weighted by atomic mass is 10.2. The number of amides is 1. The first kappa shape index (κ1) is 13.9. The highest BCUT2D eigenvalue weighted by atomic mass is 16.5. The van der Waals surface area contributed by atoms with Crippen LogP contribution >= 0.6 is 0 Å². The van der Waals surface area contributed by atoms with Crippen molar-refractivity contribution < 1.29 is 9.53 Å². The molecule has 0 N–H and O–H groups in total. The summed E-state index contributed by atoms with van der Waals surface area (Å²) in [6.45, 7) is 3.77. The van der Waals surface area contributed by atoms with Gasteiger partial charge in [0, 0.05) is 13.1 Å². The van der Waals surface area contributed by atoms with Gasteiger partial charge in [-0.2, -0.15) is 0 Å². The van der Waals surface area contributed by atoms with Crippen LogP contribution in [0.1, 0.15) is 39.0 Å². The minimum absolute atomic E-state index is 0.147. The molecule has 104 valence electrons.